The zero-order valence-corrected chi connectivity index (χ0v) is 18.3. The zero-order chi connectivity index (χ0) is 20.4. The van der Waals surface area contributed by atoms with Gasteiger partial charge in [0.2, 0.25) is 5.91 Å². The molecular weight excluding hydrogens is 425 g/mol. The van der Waals surface area contributed by atoms with E-state index in [0.717, 1.165) is 25.7 Å². The van der Waals surface area contributed by atoms with Crippen molar-refractivity contribution in [3.63, 3.8) is 0 Å². The van der Waals surface area contributed by atoms with E-state index in [1.807, 2.05) is 23.1 Å². The van der Waals surface area contributed by atoms with E-state index >= 15 is 0 Å². The van der Waals surface area contributed by atoms with Crippen LogP contribution in [-0.2, 0) is 10.2 Å². The van der Waals surface area contributed by atoms with Gasteiger partial charge >= 0.3 is 0 Å². The van der Waals surface area contributed by atoms with E-state index in [-0.39, 0.29) is 41.9 Å². The average Bonchev–Trinajstić information content (AvgIpc) is 2.74. The number of halogens is 2. The molecule has 0 unspecified atom stereocenters. The first-order valence-electron chi connectivity index (χ1n) is 10.1. The van der Waals surface area contributed by atoms with Crippen LogP contribution in [0.15, 0.2) is 41.2 Å². The Kier molecular flexibility index (Phi) is 7.06. The normalized spacial score (nSPS) is 24.1. The molecule has 2 heterocycles. The van der Waals surface area contributed by atoms with Gasteiger partial charge in [0.05, 0.1) is 12.6 Å². The minimum absolute atomic E-state index is 0. The van der Waals surface area contributed by atoms with Crippen molar-refractivity contribution < 1.29 is 4.79 Å². The highest BCUT2D eigenvalue weighted by Gasteiger charge is 2.37. The van der Waals surface area contributed by atoms with Crippen LogP contribution in [0.1, 0.15) is 37.3 Å². The van der Waals surface area contributed by atoms with Gasteiger partial charge < -0.3 is 16.0 Å². The van der Waals surface area contributed by atoms with Crippen molar-refractivity contribution in [2.45, 2.75) is 37.1 Å². The third kappa shape index (κ3) is 4.48. The molecule has 1 aliphatic carbocycles. The number of hydrogen-bond donors (Lipinski definition) is 2. The van der Waals surface area contributed by atoms with E-state index in [1.54, 1.807) is 16.8 Å². The second-order valence-electron chi connectivity index (χ2n) is 7.97. The molecule has 9 heteroatoms. The van der Waals surface area contributed by atoms with E-state index in [9.17, 15) is 9.59 Å². The van der Waals surface area contributed by atoms with E-state index in [2.05, 4.69) is 16.5 Å². The van der Waals surface area contributed by atoms with Crippen LogP contribution in [-0.4, -0.2) is 41.9 Å². The quantitative estimate of drug-likeness (QED) is 0.743. The summed E-state index contributed by atoms with van der Waals surface area (Å²) in [5.74, 6) is 0.646. The van der Waals surface area contributed by atoms with Gasteiger partial charge in [0.1, 0.15) is 5.82 Å². The first kappa shape index (κ1) is 22.6. The van der Waals surface area contributed by atoms with Gasteiger partial charge in [-0.05, 0) is 49.4 Å². The summed E-state index contributed by atoms with van der Waals surface area (Å²) in [5, 5.41) is 8.14. The third-order valence-electron chi connectivity index (χ3n) is 6.26. The molecule has 0 bridgehead atoms. The molecule has 1 saturated carbocycles. The Hall–Kier alpha value is -2.09. The Labute approximate surface area is 187 Å². The summed E-state index contributed by atoms with van der Waals surface area (Å²) in [5.41, 5.74) is 7.14. The van der Waals surface area contributed by atoms with Crippen LogP contribution in [0.4, 0.5) is 5.82 Å². The zero-order valence-electron chi connectivity index (χ0n) is 16.7. The Morgan fingerprint density at radius 2 is 1.97 bits per heavy atom. The lowest BCUT2D eigenvalue weighted by Gasteiger charge is -2.40. The number of anilines is 1. The van der Waals surface area contributed by atoms with E-state index < -0.39 is 0 Å². The van der Waals surface area contributed by atoms with Crippen LogP contribution in [0.5, 0.6) is 0 Å². The molecule has 1 aliphatic heterocycles. The molecule has 1 saturated heterocycles. The van der Waals surface area contributed by atoms with E-state index in [0.29, 0.717) is 30.5 Å². The highest BCUT2D eigenvalue weighted by atomic mass is 35.5. The summed E-state index contributed by atoms with van der Waals surface area (Å²) in [7, 11) is 0. The Morgan fingerprint density at radius 1 is 1.20 bits per heavy atom. The number of benzene rings is 1. The van der Waals surface area contributed by atoms with Crippen molar-refractivity contribution in [2.24, 2.45) is 5.73 Å². The summed E-state index contributed by atoms with van der Waals surface area (Å²) in [6.45, 7) is 2.08. The van der Waals surface area contributed by atoms with E-state index in [4.69, 9.17) is 17.3 Å². The smallest absolute Gasteiger partial charge is 0.267 e. The van der Waals surface area contributed by atoms with Gasteiger partial charge in [0, 0.05) is 36.1 Å². The molecule has 0 radical (unpaired) electrons. The Bertz CT molecular complexity index is 956. The lowest BCUT2D eigenvalue weighted by molar-refractivity contribution is -0.120. The number of hydrogen-bond acceptors (Lipinski definition) is 5. The topological polar surface area (TPSA) is 93.2 Å². The number of piperazine rings is 1. The average molecular weight is 452 g/mol. The van der Waals surface area contributed by atoms with Gasteiger partial charge in [-0.25, -0.2) is 4.68 Å². The minimum atomic E-state index is -0.117. The SMILES string of the molecule is Cl.NC[C@]1(c2cccc(Cl)c2)CC[C@H](n2nc(N3CCNC(=O)C3)ccc2=O)CC1. The summed E-state index contributed by atoms with van der Waals surface area (Å²) >= 11 is 6.20. The maximum atomic E-state index is 12.5. The number of rotatable bonds is 4. The summed E-state index contributed by atoms with van der Waals surface area (Å²) < 4.78 is 1.60. The largest absolute Gasteiger partial charge is 0.353 e. The molecule has 4 rings (SSSR count). The maximum absolute atomic E-state index is 12.5. The number of amides is 1. The van der Waals surface area contributed by atoms with Crippen molar-refractivity contribution in [3.8, 4) is 0 Å². The molecule has 7 nitrogen and oxygen atoms in total. The molecule has 2 aliphatic rings. The number of nitrogens with two attached hydrogens (primary N) is 1. The number of carbonyl (C=O) groups is 1. The minimum Gasteiger partial charge on any atom is -0.353 e. The van der Waals surface area contributed by atoms with Crippen LogP contribution < -0.4 is 21.5 Å². The van der Waals surface area contributed by atoms with Crippen molar-refractivity contribution in [2.75, 3.05) is 31.1 Å². The number of nitrogens with zero attached hydrogens (tertiary/aromatic N) is 3. The second-order valence-corrected chi connectivity index (χ2v) is 8.41. The van der Waals surface area contributed by atoms with Gasteiger partial charge in [-0.15, -0.1) is 12.4 Å². The van der Waals surface area contributed by atoms with Crippen LogP contribution in [0.2, 0.25) is 5.02 Å². The van der Waals surface area contributed by atoms with Crippen LogP contribution in [0.25, 0.3) is 0 Å². The standard InChI is InChI=1S/C21H26ClN5O2.ClH/c22-16-3-1-2-15(12-16)21(14-23)8-6-17(7-9-21)27-20(29)5-4-18(25-27)26-11-10-24-19(28)13-26;/h1-5,12,17H,6-11,13-14,23H2,(H,24,28);1H/t17-,21-;. The second kappa shape index (κ2) is 9.37. The fraction of sp³-hybridized carbons (Fsp3) is 0.476. The highest BCUT2D eigenvalue weighted by Crippen LogP contribution is 2.42. The number of aromatic nitrogens is 2. The van der Waals surface area contributed by atoms with Gasteiger partial charge in [-0.2, -0.15) is 5.10 Å². The van der Waals surface area contributed by atoms with Gasteiger partial charge in [0.25, 0.3) is 5.56 Å². The lowest BCUT2D eigenvalue weighted by atomic mass is 9.68. The predicted molar refractivity (Wildman–Crippen MR) is 121 cm³/mol. The predicted octanol–water partition coefficient (Wildman–Crippen LogP) is 2.27. The molecule has 2 fully saturated rings. The molecule has 0 atom stereocenters. The number of carbonyl (C=O) groups excluding carboxylic acids is 1. The monoisotopic (exact) mass is 451 g/mol. The van der Waals surface area contributed by atoms with Crippen molar-refractivity contribution in [3.05, 3.63) is 57.3 Å². The molecule has 1 amide bonds. The Balaban J connectivity index is 0.00000256. The first-order chi connectivity index (χ1) is 14.0. The third-order valence-corrected chi connectivity index (χ3v) is 6.49. The maximum Gasteiger partial charge on any atom is 0.267 e. The molecule has 162 valence electrons. The molecule has 1 aromatic heterocycles. The van der Waals surface area contributed by atoms with Crippen molar-refractivity contribution >= 4 is 35.7 Å². The Morgan fingerprint density at radius 3 is 2.63 bits per heavy atom. The molecular formula is C21H27Cl2N5O2. The lowest BCUT2D eigenvalue weighted by Crippen LogP contribution is -2.48. The highest BCUT2D eigenvalue weighted by molar-refractivity contribution is 6.30. The van der Waals surface area contributed by atoms with Crippen LogP contribution in [0.3, 0.4) is 0 Å². The van der Waals surface area contributed by atoms with Crippen molar-refractivity contribution in [1.29, 1.82) is 0 Å². The van der Waals surface area contributed by atoms with Gasteiger partial charge in [-0.3, -0.25) is 9.59 Å². The first-order valence-corrected chi connectivity index (χ1v) is 10.5. The van der Waals surface area contributed by atoms with Crippen LogP contribution >= 0.6 is 24.0 Å². The summed E-state index contributed by atoms with van der Waals surface area (Å²) in [6, 6.07) is 11.2. The van der Waals surface area contributed by atoms with Gasteiger partial charge in [0.15, 0.2) is 0 Å². The summed E-state index contributed by atoms with van der Waals surface area (Å²) in [4.78, 5) is 26.1. The van der Waals surface area contributed by atoms with E-state index in [1.165, 1.54) is 5.56 Å². The summed E-state index contributed by atoms with van der Waals surface area (Å²) in [6.07, 6.45) is 3.39. The molecule has 3 N–H and O–H groups in total. The molecule has 0 spiro atoms. The fourth-order valence-electron chi connectivity index (χ4n) is 4.51. The number of nitrogens with one attached hydrogen (secondary N) is 1. The van der Waals surface area contributed by atoms with Crippen molar-refractivity contribution in [1.82, 2.24) is 15.1 Å². The van der Waals surface area contributed by atoms with Crippen LogP contribution in [0, 0.1) is 0 Å². The molecule has 1 aromatic carbocycles. The molecule has 2 aromatic rings. The fourth-order valence-corrected chi connectivity index (χ4v) is 4.70. The molecule has 30 heavy (non-hydrogen) atoms. The van der Waals surface area contributed by atoms with Gasteiger partial charge in [-0.1, -0.05) is 23.7 Å².